The number of aromatic amines is 1. The first-order valence-electron chi connectivity index (χ1n) is 11.6. The number of rotatable bonds is 8. The van der Waals surface area contributed by atoms with Gasteiger partial charge in [-0.1, -0.05) is 12.1 Å². The number of nitrogens with zero attached hydrogens (tertiary/aromatic N) is 5. The van der Waals surface area contributed by atoms with Crippen molar-refractivity contribution in [2.24, 2.45) is 0 Å². The van der Waals surface area contributed by atoms with Crippen LogP contribution in [0.4, 0.5) is 29.2 Å². The number of H-pyrrole nitrogens is 1. The summed E-state index contributed by atoms with van der Waals surface area (Å²) in [6.45, 7) is 2.26. The van der Waals surface area contributed by atoms with E-state index in [0.29, 0.717) is 17.9 Å². The highest BCUT2D eigenvalue weighted by atomic mass is 19.4. The Morgan fingerprint density at radius 1 is 1.06 bits per heavy atom. The topological polar surface area (TPSA) is 94.6 Å². The van der Waals surface area contributed by atoms with E-state index < -0.39 is 17.6 Å². The van der Waals surface area contributed by atoms with Crippen LogP contribution in [0.5, 0.6) is 0 Å². The van der Waals surface area contributed by atoms with Gasteiger partial charge >= 0.3 is 6.18 Å². The first-order valence-corrected chi connectivity index (χ1v) is 11.6. The highest BCUT2D eigenvalue weighted by Crippen LogP contribution is 2.36. The van der Waals surface area contributed by atoms with Crippen LogP contribution >= 0.6 is 0 Å². The molecule has 0 bridgehead atoms. The Morgan fingerprint density at radius 3 is 2.43 bits per heavy atom. The molecule has 2 fully saturated rings. The van der Waals surface area contributed by atoms with Gasteiger partial charge < -0.3 is 15.5 Å². The standard InChI is InChI=1S/C23H26F4N8/c24-18-19(29-12-22(7-9-28-10-8-22)21-32-14-33-34-21)30-13-31-20(18)35(17-5-6-17)11-15-1-3-16(4-2-15)23(25,26)27/h1-4,13-14,17,28H,5-12H2,(H,29,30,31)(H,32,33,34). The summed E-state index contributed by atoms with van der Waals surface area (Å²) in [6.07, 6.45) is 1.77. The van der Waals surface area contributed by atoms with E-state index >= 15 is 4.39 Å². The van der Waals surface area contributed by atoms with Crippen LogP contribution in [0.2, 0.25) is 0 Å². The molecule has 0 spiro atoms. The number of halogens is 4. The van der Waals surface area contributed by atoms with Crippen molar-refractivity contribution in [1.29, 1.82) is 0 Å². The lowest BCUT2D eigenvalue weighted by molar-refractivity contribution is -0.137. The van der Waals surface area contributed by atoms with Crippen LogP contribution in [-0.2, 0) is 18.1 Å². The maximum absolute atomic E-state index is 15.6. The first-order chi connectivity index (χ1) is 16.9. The molecule has 186 valence electrons. The van der Waals surface area contributed by atoms with Crippen LogP contribution < -0.4 is 15.5 Å². The molecule has 35 heavy (non-hydrogen) atoms. The molecule has 1 saturated heterocycles. The van der Waals surface area contributed by atoms with Gasteiger partial charge in [-0.05, 0) is 56.5 Å². The number of anilines is 2. The Kier molecular flexibility index (Phi) is 6.30. The molecule has 2 aromatic heterocycles. The second-order valence-corrected chi connectivity index (χ2v) is 9.12. The summed E-state index contributed by atoms with van der Waals surface area (Å²) >= 11 is 0. The van der Waals surface area contributed by atoms with Gasteiger partial charge in [0.2, 0.25) is 5.82 Å². The number of hydrogen-bond acceptors (Lipinski definition) is 7. The SMILES string of the molecule is Fc1c(NCC2(c3nc[nH]n3)CCNCC2)ncnc1N(Cc1ccc(C(F)(F)F)cc1)C1CC1. The summed E-state index contributed by atoms with van der Waals surface area (Å²) in [7, 11) is 0. The van der Waals surface area contributed by atoms with E-state index in [4.69, 9.17) is 0 Å². The van der Waals surface area contributed by atoms with E-state index in [1.54, 1.807) is 4.90 Å². The lowest BCUT2D eigenvalue weighted by Crippen LogP contribution is -2.45. The van der Waals surface area contributed by atoms with Gasteiger partial charge in [-0.15, -0.1) is 0 Å². The number of benzene rings is 1. The number of hydrogen-bond donors (Lipinski definition) is 3. The zero-order chi connectivity index (χ0) is 24.5. The lowest BCUT2D eigenvalue weighted by Gasteiger charge is -2.35. The van der Waals surface area contributed by atoms with Crippen molar-refractivity contribution >= 4 is 11.6 Å². The molecule has 8 nitrogen and oxygen atoms in total. The number of aromatic nitrogens is 5. The third-order valence-corrected chi connectivity index (χ3v) is 6.71. The number of nitrogens with one attached hydrogen (secondary N) is 3. The van der Waals surface area contributed by atoms with E-state index in [1.165, 1.54) is 24.8 Å². The van der Waals surface area contributed by atoms with Gasteiger partial charge in [0.1, 0.15) is 12.7 Å². The van der Waals surface area contributed by atoms with Crippen molar-refractivity contribution in [1.82, 2.24) is 30.5 Å². The zero-order valence-corrected chi connectivity index (χ0v) is 18.9. The van der Waals surface area contributed by atoms with Crippen molar-refractivity contribution in [2.75, 3.05) is 29.9 Å². The Hall–Kier alpha value is -3.28. The summed E-state index contributed by atoms with van der Waals surface area (Å²) in [5.41, 5.74) is -0.424. The van der Waals surface area contributed by atoms with E-state index in [9.17, 15) is 13.2 Å². The fourth-order valence-electron chi connectivity index (χ4n) is 4.55. The molecule has 0 atom stereocenters. The van der Waals surface area contributed by atoms with Crippen molar-refractivity contribution in [3.8, 4) is 0 Å². The molecule has 0 radical (unpaired) electrons. The van der Waals surface area contributed by atoms with E-state index in [2.05, 4.69) is 35.8 Å². The third-order valence-electron chi connectivity index (χ3n) is 6.71. The minimum atomic E-state index is -4.40. The average molecular weight is 491 g/mol. The van der Waals surface area contributed by atoms with Crippen molar-refractivity contribution in [3.63, 3.8) is 0 Å². The zero-order valence-electron chi connectivity index (χ0n) is 18.9. The molecule has 3 heterocycles. The minimum Gasteiger partial charge on any atom is -0.366 e. The predicted octanol–water partition coefficient (Wildman–Crippen LogP) is 3.65. The molecule has 12 heteroatoms. The highest BCUT2D eigenvalue weighted by molar-refractivity contribution is 5.53. The Morgan fingerprint density at radius 2 is 1.80 bits per heavy atom. The van der Waals surface area contributed by atoms with Gasteiger partial charge in [0.25, 0.3) is 0 Å². The van der Waals surface area contributed by atoms with Gasteiger partial charge in [-0.2, -0.15) is 22.7 Å². The van der Waals surface area contributed by atoms with Gasteiger partial charge in [-0.3, -0.25) is 5.10 Å². The van der Waals surface area contributed by atoms with Crippen molar-refractivity contribution in [2.45, 2.75) is 49.9 Å². The summed E-state index contributed by atoms with van der Waals surface area (Å²) in [4.78, 5) is 14.5. The third kappa shape index (κ3) is 5.07. The van der Waals surface area contributed by atoms with Crippen LogP contribution in [0.3, 0.4) is 0 Å². The highest BCUT2D eigenvalue weighted by Gasteiger charge is 2.38. The second kappa shape index (κ2) is 9.40. The number of piperidine rings is 1. The molecule has 1 saturated carbocycles. The largest absolute Gasteiger partial charge is 0.416 e. The molecule has 3 aromatic rings. The van der Waals surface area contributed by atoms with Gasteiger partial charge in [0, 0.05) is 19.1 Å². The Balaban J connectivity index is 1.35. The van der Waals surface area contributed by atoms with Gasteiger partial charge in [-0.25, -0.2) is 15.0 Å². The second-order valence-electron chi connectivity index (χ2n) is 9.12. The van der Waals surface area contributed by atoms with E-state index in [0.717, 1.165) is 50.9 Å². The maximum Gasteiger partial charge on any atom is 0.416 e. The normalized spacial score (nSPS) is 17.8. The molecule has 3 N–H and O–H groups in total. The average Bonchev–Trinajstić information content (AvgIpc) is 3.54. The molecule has 2 aliphatic rings. The minimum absolute atomic E-state index is 0.0820. The van der Waals surface area contributed by atoms with E-state index in [-0.39, 0.29) is 29.6 Å². The molecule has 0 amide bonds. The summed E-state index contributed by atoms with van der Waals surface area (Å²) in [5.74, 6) is 0.331. The summed E-state index contributed by atoms with van der Waals surface area (Å²) in [5, 5.41) is 13.5. The fourth-order valence-corrected chi connectivity index (χ4v) is 4.55. The number of alkyl halides is 3. The van der Waals surface area contributed by atoms with Crippen LogP contribution in [0, 0.1) is 5.82 Å². The lowest BCUT2D eigenvalue weighted by atomic mass is 9.78. The monoisotopic (exact) mass is 490 g/mol. The molecule has 1 aliphatic carbocycles. The quantitative estimate of drug-likeness (QED) is 0.415. The van der Waals surface area contributed by atoms with Crippen molar-refractivity contribution in [3.05, 3.63) is 59.7 Å². The van der Waals surface area contributed by atoms with Crippen LogP contribution in [0.15, 0.2) is 36.9 Å². The van der Waals surface area contributed by atoms with Crippen molar-refractivity contribution < 1.29 is 17.6 Å². The molecular formula is C23H26F4N8. The molecule has 1 aliphatic heterocycles. The van der Waals surface area contributed by atoms with E-state index in [1.807, 2.05) is 0 Å². The van der Waals surface area contributed by atoms with Crippen LogP contribution in [0.1, 0.15) is 42.6 Å². The fraction of sp³-hybridized carbons (Fsp3) is 0.478. The maximum atomic E-state index is 15.6. The predicted molar refractivity (Wildman–Crippen MR) is 121 cm³/mol. The Labute approximate surface area is 199 Å². The van der Waals surface area contributed by atoms with Gasteiger partial charge in [0.05, 0.1) is 11.0 Å². The summed E-state index contributed by atoms with van der Waals surface area (Å²) in [6, 6.07) is 5.03. The molecule has 5 rings (SSSR count). The summed E-state index contributed by atoms with van der Waals surface area (Å²) < 4.78 is 54.4. The molecule has 1 aromatic carbocycles. The first kappa shape index (κ1) is 23.5. The Bertz CT molecular complexity index is 1120. The molecular weight excluding hydrogens is 464 g/mol. The van der Waals surface area contributed by atoms with Gasteiger partial charge in [0.15, 0.2) is 17.5 Å². The van der Waals surface area contributed by atoms with Crippen LogP contribution in [-0.4, -0.2) is 50.8 Å². The van der Waals surface area contributed by atoms with Crippen LogP contribution in [0.25, 0.3) is 0 Å². The smallest absolute Gasteiger partial charge is 0.366 e. The molecule has 0 unspecified atom stereocenters.